The molecule has 2 amide bonds. The van der Waals surface area contributed by atoms with Gasteiger partial charge in [-0.15, -0.1) is 0 Å². The normalized spacial score (nSPS) is 17.6. The van der Waals surface area contributed by atoms with Crippen LogP contribution >= 0.6 is 0 Å². The fraction of sp³-hybridized carbons (Fsp3) is 0.462. The van der Waals surface area contributed by atoms with Crippen molar-refractivity contribution in [1.29, 1.82) is 0 Å². The van der Waals surface area contributed by atoms with E-state index in [2.05, 4.69) is 0 Å². The highest BCUT2D eigenvalue weighted by molar-refractivity contribution is 5.96. The molecule has 0 bridgehead atoms. The predicted octanol–water partition coefficient (Wildman–Crippen LogP) is 2.92. The minimum absolute atomic E-state index is 0.00510. The zero-order valence-electron chi connectivity index (χ0n) is 20.9. The number of benzene rings is 2. The zero-order valence-corrected chi connectivity index (χ0v) is 20.9. The number of carbonyl (C=O) groups is 2. The molecular weight excluding hydrogens is 480 g/mol. The predicted molar refractivity (Wildman–Crippen MR) is 137 cm³/mol. The Labute approximate surface area is 215 Å². The number of hydrogen-bond acceptors (Lipinski definition) is 8. The number of anilines is 2. The highest BCUT2D eigenvalue weighted by Crippen LogP contribution is 2.35. The maximum atomic E-state index is 13.0. The second-order valence-electron chi connectivity index (χ2n) is 9.64. The summed E-state index contributed by atoms with van der Waals surface area (Å²) in [5.74, 6) is -0.502. The summed E-state index contributed by atoms with van der Waals surface area (Å²) in [6, 6.07) is 11.9. The first kappa shape index (κ1) is 26.4. The fourth-order valence-corrected chi connectivity index (χ4v) is 5.02. The number of ether oxygens (including phenoxy) is 1. The van der Waals surface area contributed by atoms with E-state index in [1.54, 1.807) is 11.0 Å². The number of rotatable bonds is 8. The summed E-state index contributed by atoms with van der Waals surface area (Å²) in [6.45, 7) is 4.26. The van der Waals surface area contributed by atoms with Crippen molar-refractivity contribution >= 4 is 29.1 Å². The van der Waals surface area contributed by atoms with Crippen molar-refractivity contribution in [3.8, 4) is 0 Å². The summed E-state index contributed by atoms with van der Waals surface area (Å²) in [5.41, 5.74) is 2.10. The van der Waals surface area contributed by atoms with Gasteiger partial charge in [0.05, 0.1) is 22.8 Å². The molecular formula is C26H32N4O7. The standard InChI is InChI=1S/C26H32N4O7/c1-17(31)14-28(15-18(2)32)25(33)19-7-8-23(24(13-19)30(35)36)27-11-9-21(10-12-27)29-22-6-4-3-5-20(22)16-37-26(29)34/h3-8,13,17-18,21,31-32H,9-12,14-16H2,1-2H3. The van der Waals surface area contributed by atoms with Gasteiger partial charge in [-0.2, -0.15) is 0 Å². The Kier molecular flexibility index (Phi) is 7.94. The number of fused-ring (bicyclic) bond motifs is 1. The molecule has 2 heterocycles. The number of amides is 2. The van der Waals surface area contributed by atoms with Crippen LogP contribution in [0.1, 0.15) is 42.6 Å². The van der Waals surface area contributed by atoms with E-state index in [0.717, 1.165) is 11.3 Å². The van der Waals surface area contributed by atoms with Gasteiger partial charge in [0.1, 0.15) is 12.3 Å². The maximum Gasteiger partial charge on any atom is 0.414 e. The van der Waals surface area contributed by atoms with Crippen molar-refractivity contribution in [2.75, 3.05) is 36.0 Å². The molecule has 11 nitrogen and oxygen atoms in total. The van der Waals surface area contributed by atoms with Gasteiger partial charge in [-0.25, -0.2) is 4.79 Å². The Balaban J connectivity index is 1.52. The third kappa shape index (κ3) is 5.83. The van der Waals surface area contributed by atoms with E-state index < -0.39 is 23.0 Å². The molecule has 0 saturated carbocycles. The average Bonchev–Trinajstić information content (AvgIpc) is 2.87. The van der Waals surface area contributed by atoms with Gasteiger partial charge >= 0.3 is 6.09 Å². The molecule has 1 saturated heterocycles. The topological polar surface area (TPSA) is 137 Å². The average molecular weight is 513 g/mol. The van der Waals surface area contributed by atoms with E-state index >= 15 is 0 Å². The third-order valence-electron chi connectivity index (χ3n) is 6.64. The van der Waals surface area contributed by atoms with E-state index in [0.29, 0.717) is 31.6 Å². The highest BCUT2D eigenvalue weighted by atomic mass is 16.6. The minimum Gasteiger partial charge on any atom is -0.444 e. The van der Waals surface area contributed by atoms with Crippen molar-refractivity contribution in [3.63, 3.8) is 0 Å². The Bertz CT molecular complexity index is 1150. The quantitative estimate of drug-likeness (QED) is 0.407. The van der Waals surface area contributed by atoms with Gasteiger partial charge in [0.2, 0.25) is 0 Å². The van der Waals surface area contributed by atoms with Crippen LogP contribution in [0.3, 0.4) is 0 Å². The molecule has 0 radical (unpaired) electrons. The van der Waals surface area contributed by atoms with Crippen LogP contribution in [-0.2, 0) is 11.3 Å². The van der Waals surface area contributed by atoms with Gasteiger partial charge < -0.3 is 24.7 Å². The Hall–Kier alpha value is -3.70. The monoisotopic (exact) mass is 512 g/mol. The summed E-state index contributed by atoms with van der Waals surface area (Å²) in [7, 11) is 0. The smallest absolute Gasteiger partial charge is 0.414 e. The molecule has 2 aromatic rings. The van der Waals surface area contributed by atoms with Gasteiger partial charge in [-0.1, -0.05) is 18.2 Å². The van der Waals surface area contributed by atoms with Crippen LogP contribution in [0.15, 0.2) is 42.5 Å². The van der Waals surface area contributed by atoms with E-state index in [9.17, 15) is 29.9 Å². The van der Waals surface area contributed by atoms with Crippen molar-refractivity contribution in [3.05, 3.63) is 63.7 Å². The SMILES string of the molecule is CC(O)CN(CC(C)O)C(=O)c1ccc(N2CCC(N3C(=O)OCc4ccccc43)CC2)c([N+](=O)[O-])c1. The summed E-state index contributed by atoms with van der Waals surface area (Å²) in [5, 5.41) is 31.5. The van der Waals surface area contributed by atoms with Gasteiger partial charge in [0, 0.05) is 49.4 Å². The van der Waals surface area contributed by atoms with E-state index in [1.165, 1.54) is 30.9 Å². The maximum absolute atomic E-state index is 13.0. The Morgan fingerprint density at radius 2 is 1.76 bits per heavy atom. The van der Waals surface area contributed by atoms with Gasteiger partial charge in [0.15, 0.2) is 0 Å². The van der Waals surface area contributed by atoms with E-state index in [4.69, 9.17) is 4.74 Å². The van der Waals surface area contributed by atoms with E-state index in [1.807, 2.05) is 29.2 Å². The number of cyclic esters (lactones) is 1. The molecule has 2 N–H and O–H groups in total. The van der Waals surface area contributed by atoms with Crippen LogP contribution in [0.25, 0.3) is 0 Å². The Morgan fingerprint density at radius 1 is 1.11 bits per heavy atom. The van der Waals surface area contributed by atoms with Crippen molar-refractivity contribution in [1.82, 2.24) is 4.90 Å². The van der Waals surface area contributed by atoms with Gasteiger partial charge in [0.25, 0.3) is 11.6 Å². The lowest BCUT2D eigenvalue weighted by Crippen LogP contribution is -2.49. The highest BCUT2D eigenvalue weighted by Gasteiger charge is 2.35. The molecule has 0 spiro atoms. The lowest BCUT2D eigenvalue weighted by Gasteiger charge is -2.40. The Morgan fingerprint density at radius 3 is 2.38 bits per heavy atom. The second-order valence-corrected chi connectivity index (χ2v) is 9.64. The van der Waals surface area contributed by atoms with Gasteiger partial charge in [-0.3, -0.25) is 19.8 Å². The molecule has 2 unspecified atom stereocenters. The van der Waals surface area contributed by atoms with Crippen molar-refractivity contribution in [2.24, 2.45) is 0 Å². The van der Waals surface area contributed by atoms with Crippen LogP contribution < -0.4 is 9.80 Å². The van der Waals surface area contributed by atoms with Crippen molar-refractivity contribution < 1.29 is 29.5 Å². The number of nitrogens with zero attached hydrogens (tertiary/aromatic N) is 4. The molecule has 2 aliphatic heterocycles. The number of hydrogen-bond donors (Lipinski definition) is 2. The molecule has 0 aromatic heterocycles. The number of para-hydroxylation sites is 1. The molecule has 4 rings (SSSR count). The van der Waals surface area contributed by atoms with Crippen LogP contribution in [0.5, 0.6) is 0 Å². The number of aliphatic hydroxyl groups excluding tert-OH is 2. The molecule has 0 aliphatic carbocycles. The number of nitro groups is 1. The molecule has 2 atom stereocenters. The molecule has 11 heteroatoms. The molecule has 2 aromatic carbocycles. The summed E-state index contributed by atoms with van der Waals surface area (Å²) in [4.78, 5) is 41.9. The number of piperidine rings is 1. The molecule has 2 aliphatic rings. The first-order valence-corrected chi connectivity index (χ1v) is 12.4. The minimum atomic E-state index is -0.817. The lowest BCUT2D eigenvalue weighted by molar-refractivity contribution is -0.384. The van der Waals surface area contributed by atoms with E-state index in [-0.39, 0.29) is 43.1 Å². The number of nitro benzene ring substituents is 1. The first-order chi connectivity index (χ1) is 17.7. The van der Waals surface area contributed by atoms with Gasteiger partial charge in [-0.05, 0) is 44.9 Å². The van der Waals surface area contributed by atoms with Crippen LogP contribution in [-0.4, -0.2) is 76.5 Å². The number of carbonyl (C=O) groups excluding carboxylic acids is 2. The zero-order chi connectivity index (χ0) is 26.7. The van der Waals surface area contributed by atoms with Crippen LogP contribution in [0.4, 0.5) is 21.9 Å². The van der Waals surface area contributed by atoms with Crippen molar-refractivity contribution in [2.45, 2.75) is 51.5 Å². The summed E-state index contributed by atoms with van der Waals surface area (Å²) in [6.07, 6.45) is -0.829. The fourth-order valence-electron chi connectivity index (χ4n) is 5.02. The third-order valence-corrected chi connectivity index (χ3v) is 6.64. The molecule has 198 valence electrons. The first-order valence-electron chi connectivity index (χ1n) is 12.4. The summed E-state index contributed by atoms with van der Waals surface area (Å²) < 4.78 is 5.35. The second kappa shape index (κ2) is 11.1. The molecule has 37 heavy (non-hydrogen) atoms. The van der Waals surface area contributed by atoms with Crippen LogP contribution in [0, 0.1) is 10.1 Å². The number of aliphatic hydroxyl groups is 2. The largest absolute Gasteiger partial charge is 0.444 e. The molecule has 1 fully saturated rings. The van der Waals surface area contributed by atoms with Crippen LogP contribution in [0.2, 0.25) is 0 Å². The summed E-state index contributed by atoms with van der Waals surface area (Å²) >= 11 is 0. The lowest BCUT2D eigenvalue weighted by atomic mass is 9.99.